The highest BCUT2D eigenvalue weighted by Crippen LogP contribution is 2.28. The molecule has 0 radical (unpaired) electrons. The van der Waals surface area contributed by atoms with Crippen LogP contribution in [-0.4, -0.2) is 34.7 Å². The molecule has 3 heterocycles. The van der Waals surface area contributed by atoms with Crippen molar-refractivity contribution in [2.24, 2.45) is 0 Å². The van der Waals surface area contributed by atoms with Crippen molar-refractivity contribution < 1.29 is 0 Å². The zero-order valence-electron chi connectivity index (χ0n) is 19.8. The van der Waals surface area contributed by atoms with Crippen molar-refractivity contribution in [3.8, 4) is 28.3 Å². The molecule has 5 aromatic rings. The number of rotatable bonds is 8. The van der Waals surface area contributed by atoms with Crippen molar-refractivity contribution in [3.05, 3.63) is 100 Å². The maximum atomic E-state index is 13.5. The Kier molecular flexibility index (Phi) is 6.34. The summed E-state index contributed by atoms with van der Waals surface area (Å²) in [4.78, 5) is 18.1. The first-order chi connectivity index (χ1) is 17.2. The molecule has 8 nitrogen and oxygen atoms in total. The van der Waals surface area contributed by atoms with E-state index >= 15 is 0 Å². The van der Waals surface area contributed by atoms with E-state index in [0.29, 0.717) is 12.4 Å². The second kappa shape index (κ2) is 9.89. The number of para-hydroxylation sites is 1. The second-order valence-electron chi connectivity index (χ2n) is 8.52. The minimum absolute atomic E-state index is 0.00582. The number of aromatic nitrogens is 7. The number of pyridine rings is 1. The Morgan fingerprint density at radius 1 is 0.971 bits per heavy atom. The normalized spacial score (nSPS) is 11.1. The van der Waals surface area contributed by atoms with Gasteiger partial charge < -0.3 is 0 Å². The first-order valence-electron chi connectivity index (χ1n) is 11.8. The second-order valence-corrected chi connectivity index (χ2v) is 8.52. The lowest BCUT2D eigenvalue weighted by molar-refractivity contribution is 0.673. The first kappa shape index (κ1) is 22.5. The predicted molar refractivity (Wildman–Crippen MR) is 135 cm³/mol. The fraction of sp³-hybridized carbons (Fsp3) is 0.222. The molecule has 0 saturated carbocycles. The summed E-state index contributed by atoms with van der Waals surface area (Å²) in [6.07, 6.45) is 4.74. The number of nitrogens with one attached hydrogen (secondary N) is 1. The van der Waals surface area contributed by atoms with Crippen LogP contribution in [0.2, 0.25) is 0 Å². The first-order valence-corrected chi connectivity index (χ1v) is 11.8. The monoisotopic (exact) mass is 465 g/mol. The average molecular weight is 466 g/mol. The zero-order chi connectivity index (χ0) is 24.2. The number of benzene rings is 2. The molecule has 0 atom stereocenters. The van der Waals surface area contributed by atoms with Gasteiger partial charge in [-0.25, -0.2) is 9.89 Å². The van der Waals surface area contributed by atoms with Gasteiger partial charge in [0, 0.05) is 28.7 Å². The van der Waals surface area contributed by atoms with E-state index in [1.807, 2.05) is 70.7 Å². The molecule has 0 saturated heterocycles. The average Bonchev–Trinajstić information content (AvgIpc) is 3.51. The number of tetrazole rings is 1. The van der Waals surface area contributed by atoms with Gasteiger partial charge in [0.25, 0.3) is 0 Å². The molecule has 0 spiro atoms. The highest BCUT2D eigenvalue weighted by atomic mass is 16.1. The van der Waals surface area contributed by atoms with E-state index < -0.39 is 0 Å². The number of hydrogen-bond acceptors (Lipinski definition) is 5. The SMILES string of the molecule is CCCCc1c(C)n(-c2ccccc2)c(=O)n1Cc1ccc(-c2ncccc2-c2nnn[nH]2)cc1. The third-order valence-electron chi connectivity index (χ3n) is 6.26. The van der Waals surface area contributed by atoms with Crippen molar-refractivity contribution in [1.82, 2.24) is 34.7 Å². The summed E-state index contributed by atoms with van der Waals surface area (Å²) in [5.74, 6) is 0.571. The molecule has 0 aliphatic rings. The molecule has 0 aliphatic carbocycles. The maximum absolute atomic E-state index is 13.5. The Balaban J connectivity index is 1.49. The molecule has 35 heavy (non-hydrogen) atoms. The third-order valence-corrected chi connectivity index (χ3v) is 6.26. The van der Waals surface area contributed by atoms with Crippen molar-refractivity contribution in [3.63, 3.8) is 0 Å². The van der Waals surface area contributed by atoms with Gasteiger partial charge in [0.2, 0.25) is 0 Å². The number of imidazole rings is 1. The van der Waals surface area contributed by atoms with Crippen LogP contribution in [0.3, 0.4) is 0 Å². The van der Waals surface area contributed by atoms with Crippen molar-refractivity contribution in [2.45, 2.75) is 39.7 Å². The molecule has 0 fully saturated rings. The van der Waals surface area contributed by atoms with Gasteiger partial charge in [-0.1, -0.05) is 55.8 Å². The third kappa shape index (κ3) is 4.42. The van der Waals surface area contributed by atoms with Gasteiger partial charge in [-0.15, -0.1) is 5.10 Å². The minimum atomic E-state index is -0.00582. The van der Waals surface area contributed by atoms with Crippen LogP contribution in [0.25, 0.3) is 28.3 Å². The molecule has 8 heteroatoms. The van der Waals surface area contributed by atoms with Gasteiger partial charge >= 0.3 is 5.69 Å². The molecule has 0 bridgehead atoms. The Hall–Kier alpha value is -4.33. The molecular formula is C27H27N7O. The van der Waals surface area contributed by atoms with E-state index in [1.165, 1.54) is 0 Å². The summed E-state index contributed by atoms with van der Waals surface area (Å²) >= 11 is 0. The Labute approximate surface area is 203 Å². The molecule has 0 aliphatic heterocycles. The summed E-state index contributed by atoms with van der Waals surface area (Å²) in [5.41, 5.74) is 6.62. The highest BCUT2D eigenvalue weighted by Gasteiger charge is 2.18. The Morgan fingerprint density at radius 3 is 2.49 bits per heavy atom. The predicted octanol–water partition coefficient (Wildman–Crippen LogP) is 4.58. The lowest BCUT2D eigenvalue weighted by Crippen LogP contribution is -2.25. The van der Waals surface area contributed by atoms with Crippen LogP contribution in [0.5, 0.6) is 0 Å². The van der Waals surface area contributed by atoms with E-state index in [1.54, 1.807) is 6.20 Å². The molecule has 3 aromatic heterocycles. The van der Waals surface area contributed by atoms with Gasteiger partial charge in [0.05, 0.1) is 17.9 Å². The van der Waals surface area contributed by atoms with Crippen molar-refractivity contribution in [2.75, 3.05) is 0 Å². The fourth-order valence-electron chi connectivity index (χ4n) is 4.46. The summed E-state index contributed by atoms with van der Waals surface area (Å²) in [6.45, 7) is 4.73. The molecule has 0 unspecified atom stereocenters. The maximum Gasteiger partial charge on any atom is 0.333 e. The number of unbranched alkanes of at least 4 members (excludes halogenated alkanes) is 1. The molecule has 0 amide bonds. The molecule has 5 rings (SSSR count). The van der Waals surface area contributed by atoms with Crippen LogP contribution >= 0.6 is 0 Å². The minimum Gasteiger partial charge on any atom is -0.291 e. The van der Waals surface area contributed by atoms with E-state index in [2.05, 4.69) is 44.7 Å². The van der Waals surface area contributed by atoms with Crippen LogP contribution in [0.1, 0.15) is 36.7 Å². The van der Waals surface area contributed by atoms with E-state index in [4.69, 9.17) is 0 Å². The molecule has 1 N–H and O–H groups in total. The lowest BCUT2D eigenvalue weighted by Gasteiger charge is -2.10. The number of aromatic amines is 1. The molecule has 2 aromatic carbocycles. The summed E-state index contributed by atoms with van der Waals surface area (Å²) < 4.78 is 3.74. The van der Waals surface area contributed by atoms with Crippen LogP contribution < -0.4 is 5.69 Å². The number of H-pyrrole nitrogens is 1. The lowest BCUT2D eigenvalue weighted by atomic mass is 10.0. The van der Waals surface area contributed by atoms with Crippen LogP contribution in [-0.2, 0) is 13.0 Å². The van der Waals surface area contributed by atoms with Gasteiger partial charge in [-0.05, 0) is 60.0 Å². The Morgan fingerprint density at radius 2 is 1.77 bits per heavy atom. The van der Waals surface area contributed by atoms with Gasteiger partial charge in [0.15, 0.2) is 5.82 Å². The van der Waals surface area contributed by atoms with Crippen LogP contribution in [0.15, 0.2) is 77.7 Å². The standard InChI is InChI=1S/C27H27N7O/c1-3-4-12-24-19(2)34(22-9-6-5-7-10-22)27(35)33(24)18-20-13-15-21(16-14-20)25-23(11-8-17-28-25)26-29-31-32-30-26/h5-11,13-17H,3-4,12,18H2,1-2H3,(H,29,30,31,32). The molecule has 176 valence electrons. The summed E-state index contributed by atoms with van der Waals surface area (Å²) in [5, 5.41) is 14.2. The summed E-state index contributed by atoms with van der Waals surface area (Å²) in [7, 11) is 0. The molecular weight excluding hydrogens is 438 g/mol. The van der Waals surface area contributed by atoms with Crippen molar-refractivity contribution in [1.29, 1.82) is 0 Å². The Bertz CT molecular complexity index is 1470. The van der Waals surface area contributed by atoms with E-state index in [0.717, 1.165) is 58.7 Å². The van der Waals surface area contributed by atoms with Crippen LogP contribution in [0, 0.1) is 6.92 Å². The van der Waals surface area contributed by atoms with Gasteiger partial charge in [0.1, 0.15) is 0 Å². The van der Waals surface area contributed by atoms with Crippen LogP contribution in [0.4, 0.5) is 0 Å². The van der Waals surface area contributed by atoms with Crippen molar-refractivity contribution >= 4 is 0 Å². The topological polar surface area (TPSA) is 94.3 Å². The highest BCUT2D eigenvalue weighted by molar-refractivity contribution is 5.76. The quantitative estimate of drug-likeness (QED) is 0.362. The van der Waals surface area contributed by atoms with Gasteiger partial charge in [-0.2, -0.15) is 0 Å². The number of hydrogen-bond donors (Lipinski definition) is 1. The summed E-state index contributed by atoms with van der Waals surface area (Å²) in [6, 6.07) is 21.8. The smallest absolute Gasteiger partial charge is 0.291 e. The fourth-order valence-corrected chi connectivity index (χ4v) is 4.46. The van der Waals surface area contributed by atoms with Gasteiger partial charge in [-0.3, -0.25) is 14.1 Å². The zero-order valence-corrected chi connectivity index (χ0v) is 19.8. The largest absolute Gasteiger partial charge is 0.333 e. The number of nitrogens with zero attached hydrogens (tertiary/aromatic N) is 6. The van der Waals surface area contributed by atoms with E-state index in [9.17, 15) is 4.79 Å². The van der Waals surface area contributed by atoms with E-state index in [-0.39, 0.29) is 5.69 Å².